The molecule has 2 aliphatic heterocycles. The Hall–Kier alpha value is -0.280. The lowest BCUT2D eigenvalue weighted by Gasteiger charge is -2.44. The number of hydrogen-bond acceptors (Lipinski definition) is 7. The molecule has 0 bridgehead atoms. The normalized spacial score (nSPS) is 20.1. The molecule has 2 heterocycles. The van der Waals surface area contributed by atoms with Gasteiger partial charge in [0.1, 0.15) is 0 Å². The van der Waals surface area contributed by atoms with Crippen molar-refractivity contribution >= 4 is 0 Å². The van der Waals surface area contributed by atoms with Crippen LogP contribution in [-0.4, -0.2) is 92.5 Å². The molecule has 2 saturated heterocycles. The smallest absolute Gasteiger partial charge is 0.0701 e. The van der Waals surface area contributed by atoms with E-state index >= 15 is 0 Å². The lowest BCUT2D eigenvalue weighted by molar-refractivity contribution is -0.174. The maximum absolute atomic E-state index is 5.75. The largest absolute Gasteiger partial charge is 0.380 e. The van der Waals surface area contributed by atoms with Crippen LogP contribution in [0.3, 0.4) is 0 Å². The van der Waals surface area contributed by atoms with Gasteiger partial charge in [-0.3, -0.25) is 0 Å². The molecule has 0 spiro atoms. The second-order valence-electron chi connectivity index (χ2n) is 8.96. The average Bonchev–Trinajstić information content (AvgIpc) is 2.61. The Morgan fingerprint density at radius 1 is 0.517 bits per heavy atom. The fourth-order valence-electron chi connectivity index (χ4n) is 3.22. The van der Waals surface area contributed by atoms with Gasteiger partial charge in [0.15, 0.2) is 0 Å². The highest BCUT2D eigenvalue weighted by molar-refractivity contribution is 4.88. The Morgan fingerprint density at radius 2 is 0.793 bits per heavy atom. The summed E-state index contributed by atoms with van der Waals surface area (Å²) in [6, 6.07) is 0. The predicted octanol–water partition coefficient (Wildman–Crippen LogP) is 2.41. The van der Waals surface area contributed by atoms with E-state index in [1.807, 2.05) is 0 Å². The quantitative estimate of drug-likeness (QED) is 0.317. The van der Waals surface area contributed by atoms with Crippen LogP contribution in [0.2, 0.25) is 0 Å². The molecule has 172 valence electrons. The molecule has 0 atom stereocenters. The van der Waals surface area contributed by atoms with Crippen molar-refractivity contribution in [3.63, 3.8) is 0 Å². The molecular formula is C22H42O7. The Morgan fingerprint density at radius 3 is 1.00 bits per heavy atom. The molecule has 0 saturated carbocycles. The zero-order valence-electron chi connectivity index (χ0n) is 18.9. The Kier molecular flexibility index (Phi) is 11.4. The SMILES string of the molecule is CC(C)C1(COCCOCCOCCOCCOCC2(C(C)C)COC2)COC1. The summed E-state index contributed by atoms with van der Waals surface area (Å²) in [5, 5.41) is 0. The molecule has 0 unspecified atom stereocenters. The minimum Gasteiger partial charge on any atom is -0.380 e. The van der Waals surface area contributed by atoms with E-state index in [0.29, 0.717) is 64.7 Å². The van der Waals surface area contributed by atoms with Gasteiger partial charge in [0.05, 0.1) is 92.5 Å². The van der Waals surface area contributed by atoms with Gasteiger partial charge in [-0.15, -0.1) is 0 Å². The van der Waals surface area contributed by atoms with Gasteiger partial charge in [-0.05, 0) is 11.8 Å². The van der Waals surface area contributed by atoms with E-state index < -0.39 is 0 Å². The molecule has 0 N–H and O–H groups in total. The van der Waals surface area contributed by atoms with Crippen molar-refractivity contribution in [2.45, 2.75) is 27.7 Å². The van der Waals surface area contributed by atoms with E-state index in [4.69, 9.17) is 33.2 Å². The van der Waals surface area contributed by atoms with E-state index in [9.17, 15) is 0 Å². The highest BCUT2D eigenvalue weighted by Gasteiger charge is 2.42. The van der Waals surface area contributed by atoms with Crippen LogP contribution in [0.15, 0.2) is 0 Å². The topological polar surface area (TPSA) is 64.6 Å². The first-order valence-corrected chi connectivity index (χ1v) is 11.0. The first kappa shape index (κ1) is 25.0. The molecular weight excluding hydrogens is 376 g/mol. The minimum atomic E-state index is 0.204. The van der Waals surface area contributed by atoms with Gasteiger partial charge in [-0.25, -0.2) is 0 Å². The second-order valence-corrected chi connectivity index (χ2v) is 8.96. The van der Waals surface area contributed by atoms with Crippen molar-refractivity contribution in [2.75, 3.05) is 92.5 Å². The van der Waals surface area contributed by atoms with Crippen LogP contribution >= 0.6 is 0 Å². The summed E-state index contributed by atoms with van der Waals surface area (Å²) in [5.41, 5.74) is 0.408. The van der Waals surface area contributed by atoms with Crippen LogP contribution in [0.1, 0.15) is 27.7 Å². The van der Waals surface area contributed by atoms with Crippen LogP contribution in [0.5, 0.6) is 0 Å². The predicted molar refractivity (Wildman–Crippen MR) is 110 cm³/mol. The summed E-state index contributed by atoms with van der Waals surface area (Å²) in [6.07, 6.45) is 0. The molecule has 2 rings (SSSR count). The fourth-order valence-corrected chi connectivity index (χ4v) is 3.22. The monoisotopic (exact) mass is 418 g/mol. The van der Waals surface area contributed by atoms with Gasteiger partial charge in [-0.1, -0.05) is 27.7 Å². The van der Waals surface area contributed by atoms with Crippen LogP contribution in [0, 0.1) is 22.7 Å². The lowest BCUT2D eigenvalue weighted by atomic mass is 9.76. The summed E-state index contributed by atoms with van der Waals surface area (Å²) in [6.45, 7) is 18.3. The number of ether oxygens (including phenoxy) is 7. The zero-order valence-corrected chi connectivity index (χ0v) is 18.9. The highest BCUT2D eigenvalue weighted by atomic mass is 16.6. The van der Waals surface area contributed by atoms with E-state index in [2.05, 4.69) is 27.7 Å². The maximum Gasteiger partial charge on any atom is 0.0701 e. The van der Waals surface area contributed by atoms with Crippen LogP contribution in [0.25, 0.3) is 0 Å². The van der Waals surface area contributed by atoms with E-state index in [1.165, 1.54) is 0 Å². The molecule has 7 nitrogen and oxygen atoms in total. The molecule has 2 fully saturated rings. The zero-order chi connectivity index (χ0) is 21.0. The van der Waals surface area contributed by atoms with E-state index in [1.54, 1.807) is 0 Å². The van der Waals surface area contributed by atoms with Crippen LogP contribution in [-0.2, 0) is 33.2 Å². The van der Waals surface area contributed by atoms with Crippen molar-refractivity contribution in [3.8, 4) is 0 Å². The Labute approximate surface area is 176 Å². The summed E-state index contributed by atoms with van der Waals surface area (Å²) in [4.78, 5) is 0. The average molecular weight is 419 g/mol. The first-order valence-electron chi connectivity index (χ1n) is 11.0. The van der Waals surface area contributed by atoms with Gasteiger partial charge in [-0.2, -0.15) is 0 Å². The highest BCUT2D eigenvalue weighted by Crippen LogP contribution is 2.36. The van der Waals surface area contributed by atoms with Crippen molar-refractivity contribution in [1.29, 1.82) is 0 Å². The van der Waals surface area contributed by atoms with Gasteiger partial charge in [0.25, 0.3) is 0 Å². The van der Waals surface area contributed by atoms with E-state index in [0.717, 1.165) is 39.6 Å². The molecule has 29 heavy (non-hydrogen) atoms. The summed E-state index contributed by atoms with van der Waals surface area (Å²) in [5.74, 6) is 1.15. The van der Waals surface area contributed by atoms with Gasteiger partial charge in [0, 0.05) is 10.8 Å². The third kappa shape index (κ3) is 8.05. The second kappa shape index (κ2) is 13.2. The van der Waals surface area contributed by atoms with Crippen molar-refractivity contribution in [3.05, 3.63) is 0 Å². The van der Waals surface area contributed by atoms with Crippen molar-refractivity contribution in [1.82, 2.24) is 0 Å². The molecule has 0 aromatic rings. The lowest BCUT2D eigenvalue weighted by Crippen LogP contribution is -2.50. The molecule has 0 aromatic carbocycles. The Bertz CT molecular complexity index is 381. The van der Waals surface area contributed by atoms with Crippen molar-refractivity contribution < 1.29 is 33.2 Å². The molecule has 2 aliphatic rings. The molecule has 7 heteroatoms. The molecule has 0 amide bonds. The number of rotatable bonds is 18. The van der Waals surface area contributed by atoms with Gasteiger partial charge >= 0.3 is 0 Å². The van der Waals surface area contributed by atoms with Gasteiger partial charge < -0.3 is 33.2 Å². The standard InChI is InChI=1S/C22H42O7/c1-19(2)21(15-28-16-21)13-26-11-9-24-7-5-23-6-8-25-10-12-27-14-22(20(3)4)17-29-18-22/h19-20H,5-18H2,1-4H3. The minimum absolute atomic E-state index is 0.204. The Balaban J connectivity index is 1.29. The summed E-state index contributed by atoms with van der Waals surface area (Å²) < 4.78 is 38.8. The molecule has 0 aromatic heterocycles. The van der Waals surface area contributed by atoms with Crippen LogP contribution < -0.4 is 0 Å². The summed E-state index contributed by atoms with van der Waals surface area (Å²) in [7, 11) is 0. The fraction of sp³-hybridized carbons (Fsp3) is 1.00. The van der Waals surface area contributed by atoms with Gasteiger partial charge in [0.2, 0.25) is 0 Å². The third-order valence-corrected chi connectivity index (χ3v) is 6.27. The molecule has 0 aliphatic carbocycles. The molecule has 0 radical (unpaired) electrons. The first-order chi connectivity index (χ1) is 14.0. The maximum atomic E-state index is 5.75. The third-order valence-electron chi connectivity index (χ3n) is 6.27. The van der Waals surface area contributed by atoms with Crippen molar-refractivity contribution in [2.24, 2.45) is 22.7 Å². The number of hydrogen-bond donors (Lipinski definition) is 0. The summed E-state index contributed by atoms with van der Waals surface area (Å²) >= 11 is 0. The van der Waals surface area contributed by atoms with E-state index in [-0.39, 0.29) is 10.8 Å². The van der Waals surface area contributed by atoms with Crippen LogP contribution in [0.4, 0.5) is 0 Å².